The third kappa shape index (κ3) is 46.4. The van der Waals surface area contributed by atoms with Crippen molar-refractivity contribution in [3.05, 3.63) is 35.4 Å². The van der Waals surface area contributed by atoms with E-state index in [4.69, 9.17) is 26.7 Å². The zero-order chi connectivity index (χ0) is 101. The molecule has 1 fully saturated rings. The first-order valence-corrected chi connectivity index (χ1v) is 42.5. The van der Waals surface area contributed by atoms with Crippen LogP contribution in [0.25, 0.3) is 0 Å². The molecule has 2 rings (SSSR count). The van der Waals surface area contributed by atoms with E-state index in [2.05, 4.69) is 69.1 Å². The molecule has 0 aliphatic carbocycles. The van der Waals surface area contributed by atoms with Crippen LogP contribution in [0.1, 0.15) is 198 Å². The van der Waals surface area contributed by atoms with Crippen molar-refractivity contribution in [2.24, 2.45) is 17.4 Å². The zero-order valence-electron chi connectivity index (χ0n) is 74.2. The fraction of sp³-hybridized carbons (Fsp3) is 0.605. The van der Waals surface area contributed by atoms with Crippen LogP contribution in [0, 0.1) is 11.3 Å². The number of amides is 14. The number of benzene rings is 1. The molecule has 0 aromatic heterocycles. The van der Waals surface area contributed by atoms with Crippen LogP contribution >= 0.6 is 0 Å². The van der Waals surface area contributed by atoms with Gasteiger partial charge in [-0.2, -0.15) is 0 Å². The van der Waals surface area contributed by atoms with Gasteiger partial charge in [-0.25, -0.2) is 0 Å². The molecule has 53 heteroatoms. The van der Waals surface area contributed by atoms with Gasteiger partial charge in [-0.3, -0.25) is 125 Å². The van der Waals surface area contributed by atoms with E-state index in [0.29, 0.717) is 6.42 Å². The second-order valence-corrected chi connectivity index (χ2v) is 31.7. The van der Waals surface area contributed by atoms with Gasteiger partial charge in [-0.05, 0) is 122 Å². The number of ether oxygens (including phenoxy) is 1. The monoisotopic (exact) mass is 1900 g/mol. The molecule has 1 unspecified atom stereocenters. The maximum atomic E-state index is 14.5. The van der Waals surface area contributed by atoms with Crippen molar-refractivity contribution >= 4 is 154 Å². The molecule has 0 saturated carbocycles. The molecule has 0 radical (unpaired) electrons. The second-order valence-electron chi connectivity index (χ2n) is 31.7. The lowest BCUT2D eigenvalue weighted by Gasteiger charge is -2.30. The van der Waals surface area contributed by atoms with Crippen LogP contribution in [0.3, 0.4) is 0 Å². The standard InChI is InChI=1S/C81H120N18O35/c1-39(2)36-55(78(131)87-40(3)41(4)100)98-79(132)57-9-7-34-99(57)80(133)54(8-6-32-86-81(83)84)88-58(102)38-134-35-33-85-69(122)56(37-43-10-12-44(13-11-43)42(5)101)97-77(130)53(22-31-67(119)120)96-76(129)52(21-30-66(117)118)95-75(128)51(20-29-65(115)116)94-74(127)50(19-28-64(113)114)93-73(126)49(18-27-63(111)112)92-72(125)48(17-26-62(109)110)91-71(124)47(16-25-61(107)108)90-70(123)46(15-24-60(105)106)89-68(121)45(82)14-23-59(103)104/h10-13,39-40,45-57H,6-9,14-38,82H2,1-5H3,(H,85,122)(H,87,131)(H,88,102)(H,89,121)(H,90,123)(H,91,124)(H,92,125)(H,93,126)(H,94,127)(H,95,128)(H,96,129)(H,97,130)(H,98,132)(H,103,104)(H,105,106)(H,107,108)(H,109,110)(H,111,112)(H,113,114)(H,115,116)(H,117,118)(H,119,120)(H4,83,84,86)/t40-,45+,46+,47+,48+,49+,50+,51+,52+,53+,54-,55-,56?,57-/m0/s1. The van der Waals surface area contributed by atoms with Gasteiger partial charge in [0.1, 0.15) is 79.1 Å². The van der Waals surface area contributed by atoms with Gasteiger partial charge >= 0.3 is 53.7 Å². The Morgan fingerprint density at radius 3 is 1.04 bits per heavy atom. The van der Waals surface area contributed by atoms with Crippen molar-refractivity contribution in [1.82, 2.24) is 79.3 Å². The largest absolute Gasteiger partial charge is 0.481 e. The van der Waals surface area contributed by atoms with E-state index in [-0.39, 0.29) is 67.4 Å². The molecule has 1 saturated heterocycles. The molecule has 1 aromatic rings. The third-order valence-corrected chi connectivity index (χ3v) is 20.2. The third-order valence-electron chi connectivity index (χ3n) is 20.2. The minimum atomic E-state index is -2.23. The molecule has 0 bridgehead atoms. The highest BCUT2D eigenvalue weighted by atomic mass is 16.5. The molecule has 14 atom stereocenters. The Morgan fingerprint density at radius 2 is 0.724 bits per heavy atom. The van der Waals surface area contributed by atoms with Crippen molar-refractivity contribution in [3.8, 4) is 0 Å². The lowest BCUT2D eigenvalue weighted by atomic mass is 10.0. The molecular formula is C81H120N18O35. The predicted molar refractivity (Wildman–Crippen MR) is 457 cm³/mol. The molecule has 1 aliphatic rings. The summed E-state index contributed by atoms with van der Waals surface area (Å²) in [6.07, 6.45) is -15.9. The van der Waals surface area contributed by atoms with E-state index in [1.165, 1.54) is 49.9 Å². The number of ketones is 2. The van der Waals surface area contributed by atoms with Crippen LogP contribution in [0.15, 0.2) is 24.3 Å². The number of carbonyl (C=O) groups is 25. The molecular weight excluding hydrogens is 1780 g/mol. The molecule has 1 aliphatic heterocycles. The van der Waals surface area contributed by atoms with Crippen molar-refractivity contribution in [3.63, 3.8) is 0 Å². The number of hydrogen-bond donors (Lipinski definition) is 26. The number of carboxylic acids is 9. The fourth-order valence-electron chi connectivity index (χ4n) is 12.9. The second kappa shape index (κ2) is 59.8. The Morgan fingerprint density at radius 1 is 0.396 bits per heavy atom. The zero-order valence-corrected chi connectivity index (χ0v) is 74.2. The number of rotatable bonds is 67. The lowest BCUT2D eigenvalue weighted by Crippen LogP contribution is -2.60. The summed E-state index contributed by atoms with van der Waals surface area (Å²) in [7, 11) is 0. The Labute approximate surface area is 765 Å². The Kier molecular flexibility index (Phi) is 51.6. The number of Topliss-reactive ketones (excluding diaryl/α,β-unsaturated/α-hetero) is 2. The van der Waals surface area contributed by atoms with Gasteiger partial charge in [0, 0.05) is 89.4 Å². The van der Waals surface area contributed by atoms with Gasteiger partial charge in [-0.15, -0.1) is 0 Å². The number of carbonyl (C=O) groups excluding carboxylic acids is 16. The molecule has 134 heavy (non-hydrogen) atoms. The van der Waals surface area contributed by atoms with E-state index >= 15 is 0 Å². The van der Waals surface area contributed by atoms with Gasteiger partial charge in [0.25, 0.3) is 0 Å². The highest BCUT2D eigenvalue weighted by Crippen LogP contribution is 2.22. The van der Waals surface area contributed by atoms with E-state index in [9.17, 15) is 161 Å². The average Bonchev–Trinajstić information content (AvgIpc) is 1.67. The van der Waals surface area contributed by atoms with Gasteiger partial charge in [0.05, 0.1) is 18.7 Å². The van der Waals surface area contributed by atoms with E-state index < -0.39 is 369 Å². The summed E-state index contributed by atoms with van der Waals surface area (Å²) < 4.78 is 5.56. The van der Waals surface area contributed by atoms with Crippen LogP contribution in [-0.2, 0) is 126 Å². The smallest absolute Gasteiger partial charge is 0.303 e. The number of nitrogens with zero attached hydrogens (tertiary/aromatic N) is 1. The highest BCUT2D eigenvalue weighted by molar-refractivity contribution is 6.01. The molecule has 1 aromatic carbocycles. The predicted octanol–water partition coefficient (Wildman–Crippen LogP) is -6.60. The molecule has 14 amide bonds. The van der Waals surface area contributed by atoms with Gasteiger partial charge in [0.2, 0.25) is 82.7 Å². The lowest BCUT2D eigenvalue weighted by molar-refractivity contribution is -0.143. The number of carboxylic acid groups (broad SMARTS) is 9. The Hall–Kier alpha value is -14.4. The van der Waals surface area contributed by atoms with Crippen LogP contribution in [-0.4, -0.2) is 322 Å². The maximum absolute atomic E-state index is 14.5. The van der Waals surface area contributed by atoms with Crippen molar-refractivity contribution in [1.29, 1.82) is 5.41 Å². The maximum Gasteiger partial charge on any atom is 0.303 e. The normalized spacial score (nSPS) is 15.0. The SMILES string of the molecule is CC(=O)c1ccc(CC(NC(=O)[C@@H](CCC(=O)O)NC(=O)[C@@H](CCC(=O)O)NC(=O)[C@@H](CCC(=O)O)NC(=O)[C@@H](CCC(=O)O)NC(=O)[C@@H](CCC(=O)O)NC(=O)[C@@H](CCC(=O)O)NC(=O)[C@@H](CCC(=O)O)NC(=O)[C@@H](CCC(=O)O)NC(=O)[C@H](N)CCC(=O)O)C(=O)NCCOCC(=O)N[C@@H](CCCNC(=N)N)C(=O)N2CCC[C@H]2C(=O)N[C@@H](CC(C)C)C(=O)N[C@@H](C)C(C)=O)cc1. The summed E-state index contributed by atoms with van der Waals surface area (Å²) in [6.45, 7) is 6.11. The quantitative estimate of drug-likeness (QED) is 0.0125. The summed E-state index contributed by atoms with van der Waals surface area (Å²) in [5.74, 6) is -32.6. The van der Waals surface area contributed by atoms with Crippen LogP contribution in [0.4, 0.5) is 0 Å². The molecule has 53 nitrogen and oxygen atoms in total. The summed E-state index contributed by atoms with van der Waals surface area (Å²) >= 11 is 0. The Bertz CT molecular complexity index is 4400. The van der Waals surface area contributed by atoms with E-state index in [1.807, 2.05) is 19.2 Å². The highest BCUT2D eigenvalue weighted by Gasteiger charge is 2.42. The first-order valence-electron chi connectivity index (χ1n) is 42.5. The van der Waals surface area contributed by atoms with E-state index in [1.54, 1.807) is 0 Å². The topological polar surface area (TPSA) is 866 Å². The number of guanidine groups is 1. The molecule has 28 N–H and O–H groups in total. The van der Waals surface area contributed by atoms with Gasteiger partial charge in [-0.1, -0.05) is 38.1 Å². The number of nitrogens with one attached hydrogen (secondary N) is 15. The first kappa shape index (κ1) is 116. The number of nitrogens with two attached hydrogens (primary N) is 2. The number of aliphatic carboxylic acids is 9. The summed E-state index contributed by atoms with van der Waals surface area (Å²) in [6, 6.07) is -19.1. The van der Waals surface area contributed by atoms with Crippen LogP contribution in [0.5, 0.6) is 0 Å². The summed E-state index contributed by atoms with van der Waals surface area (Å²) in [5.41, 5.74) is 11.7. The fourth-order valence-corrected chi connectivity index (χ4v) is 12.9. The van der Waals surface area contributed by atoms with Crippen molar-refractivity contribution in [2.45, 2.75) is 273 Å². The van der Waals surface area contributed by atoms with Crippen LogP contribution in [0.2, 0.25) is 0 Å². The van der Waals surface area contributed by atoms with Crippen LogP contribution < -0.4 is 85.9 Å². The van der Waals surface area contributed by atoms with Crippen molar-refractivity contribution in [2.75, 3.05) is 32.8 Å². The summed E-state index contributed by atoms with van der Waals surface area (Å²) in [4.78, 5) is 329. The first-order chi connectivity index (χ1) is 62.8. The van der Waals surface area contributed by atoms with Gasteiger partial charge < -0.3 is 141 Å². The van der Waals surface area contributed by atoms with E-state index in [0.717, 1.165) is 0 Å². The molecule has 744 valence electrons. The number of likely N-dealkylation sites (tertiary alicyclic amines) is 1. The average molecular weight is 1910 g/mol. The Balaban J connectivity index is 2.59. The van der Waals surface area contributed by atoms with Crippen molar-refractivity contribution < 1.29 is 171 Å². The summed E-state index contributed by atoms with van der Waals surface area (Å²) in [5, 5.41) is 126. The van der Waals surface area contributed by atoms with Gasteiger partial charge in [0.15, 0.2) is 17.5 Å². The number of hydrogen-bond acceptors (Lipinski definition) is 28. The molecule has 0 spiro atoms. The molecule has 1 heterocycles. The minimum absolute atomic E-state index is 0.0649. The minimum Gasteiger partial charge on any atom is -0.481 e.